The van der Waals surface area contributed by atoms with Crippen LogP contribution in [0.15, 0.2) is 64.4 Å². The van der Waals surface area contributed by atoms with Crippen molar-refractivity contribution < 1.29 is 21.6 Å². The van der Waals surface area contributed by atoms with Crippen molar-refractivity contribution in [3.05, 3.63) is 60.2 Å². The first-order chi connectivity index (χ1) is 14.8. The van der Waals surface area contributed by atoms with Crippen molar-refractivity contribution in [3.8, 4) is 0 Å². The van der Waals surface area contributed by atoms with Crippen LogP contribution in [-0.4, -0.2) is 75.5 Å². The molecule has 0 radical (unpaired) electrons. The number of carbonyl (C=O) groups is 1. The van der Waals surface area contributed by atoms with E-state index in [1.165, 1.54) is 20.7 Å². The van der Waals surface area contributed by atoms with Gasteiger partial charge in [-0.3, -0.25) is 4.79 Å². The molecule has 31 heavy (non-hydrogen) atoms. The number of piperazine rings is 1. The highest BCUT2D eigenvalue weighted by molar-refractivity contribution is 7.89. The molecule has 10 heteroatoms. The number of benzene rings is 2. The Labute approximate surface area is 183 Å². The lowest BCUT2D eigenvalue weighted by atomic mass is 10.2. The summed E-state index contributed by atoms with van der Waals surface area (Å²) in [4.78, 5) is 14.9. The molecule has 0 saturated carbocycles. The zero-order chi connectivity index (χ0) is 22.1. The molecule has 2 aliphatic heterocycles. The Morgan fingerprint density at radius 2 is 1.19 bits per heavy atom. The monoisotopic (exact) mass is 463 g/mol. The second-order valence-electron chi connectivity index (χ2n) is 7.65. The number of rotatable bonds is 5. The first-order valence-electron chi connectivity index (χ1n) is 10.2. The number of carbonyl (C=O) groups excluding carboxylic acids is 1. The van der Waals surface area contributed by atoms with Gasteiger partial charge in [0.1, 0.15) is 0 Å². The van der Waals surface area contributed by atoms with Crippen molar-refractivity contribution in [2.45, 2.75) is 22.6 Å². The van der Waals surface area contributed by atoms with Gasteiger partial charge in [-0.15, -0.1) is 0 Å². The molecule has 2 heterocycles. The van der Waals surface area contributed by atoms with Crippen LogP contribution in [-0.2, 0) is 20.0 Å². The molecule has 2 fully saturated rings. The number of hydrogen-bond donors (Lipinski definition) is 0. The lowest BCUT2D eigenvalue weighted by Crippen LogP contribution is -2.50. The van der Waals surface area contributed by atoms with Gasteiger partial charge in [0.05, 0.1) is 9.79 Å². The van der Waals surface area contributed by atoms with Crippen molar-refractivity contribution in [1.82, 2.24) is 13.5 Å². The van der Waals surface area contributed by atoms with E-state index in [4.69, 9.17) is 0 Å². The van der Waals surface area contributed by atoms with Crippen LogP contribution in [0.25, 0.3) is 0 Å². The SMILES string of the molecule is O=C(c1cccc(S(=O)(=O)N2CCCC2)c1)N1CCN(S(=O)(=O)c2ccccc2)CC1. The van der Waals surface area contributed by atoms with Gasteiger partial charge < -0.3 is 4.90 Å². The van der Waals surface area contributed by atoms with E-state index >= 15 is 0 Å². The Kier molecular flexibility index (Phi) is 6.16. The fourth-order valence-electron chi connectivity index (χ4n) is 3.92. The molecule has 2 aliphatic rings. The summed E-state index contributed by atoms with van der Waals surface area (Å²) in [6, 6.07) is 14.3. The zero-order valence-electron chi connectivity index (χ0n) is 17.1. The Morgan fingerprint density at radius 1 is 0.645 bits per heavy atom. The first-order valence-corrected chi connectivity index (χ1v) is 13.1. The summed E-state index contributed by atoms with van der Waals surface area (Å²) in [7, 11) is -7.21. The topological polar surface area (TPSA) is 95.1 Å². The fourth-order valence-corrected chi connectivity index (χ4v) is 6.93. The smallest absolute Gasteiger partial charge is 0.253 e. The van der Waals surface area contributed by atoms with Crippen LogP contribution in [0.5, 0.6) is 0 Å². The number of nitrogens with zero attached hydrogens (tertiary/aromatic N) is 3. The van der Waals surface area contributed by atoms with Gasteiger partial charge in [-0.25, -0.2) is 16.8 Å². The van der Waals surface area contributed by atoms with Crippen LogP contribution >= 0.6 is 0 Å². The maximum atomic E-state index is 13.0. The maximum Gasteiger partial charge on any atom is 0.253 e. The van der Waals surface area contributed by atoms with Crippen LogP contribution in [0, 0.1) is 0 Å². The van der Waals surface area contributed by atoms with E-state index in [1.54, 1.807) is 47.4 Å². The van der Waals surface area contributed by atoms with Crippen LogP contribution < -0.4 is 0 Å². The molecule has 8 nitrogen and oxygen atoms in total. The van der Waals surface area contributed by atoms with E-state index in [-0.39, 0.29) is 41.9 Å². The molecule has 0 N–H and O–H groups in total. The molecular formula is C21H25N3O5S2. The lowest BCUT2D eigenvalue weighted by molar-refractivity contribution is 0.0697. The van der Waals surface area contributed by atoms with E-state index < -0.39 is 20.0 Å². The summed E-state index contributed by atoms with van der Waals surface area (Å²) >= 11 is 0. The second kappa shape index (κ2) is 8.70. The van der Waals surface area contributed by atoms with Crippen LogP contribution in [0.2, 0.25) is 0 Å². The van der Waals surface area contributed by atoms with Gasteiger partial charge in [-0.1, -0.05) is 24.3 Å². The molecule has 2 aromatic rings. The third kappa shape index (κ3) is 4.38. The number of hydrogen-bond acceptors (Lipinski definition) is 5. The van der Waals surface area contributed by atoms with Gasteiger partial charge in [0.15, 0.2) is 0 Å². The molecule has 0 spiro atoms. The number of amides is 1. The standard InChI is InChI=1S/C21H25N3O5S2/c25-21(18-7-6-10-20(17-18)31(28,29)23-11-4-5-12-23)22-13-15-24(16-14-22)30(26,27)19-8-2-1-3-9-19/h1-3,6-10,17H,4-5,11-16H2. The van der Waals surface area contributed by atoms with Gasteiger partial charge in [-0.05, 0) is 43.2 Å². The van der Waals surface area contributed by atoms with Crippen molar-refractivity contribution in [2.75, 3.05) is 39.3 Å². The van der Waals surface area contributed by atoms with Crippen LogP contribution in [0.3, 0.4) is 0 Å². The van der Waals surface area contributed by atoms with Gasteiger partial charge in [0.25, 0.3) is 5.91 Å². The molecule has 0 bridgehead atoms. The molecule has 166 valence electrons. The third-order valence-corrected chi connectivity index (χ3v) is 9.50. The summed E-state index contributed by atoms with van der Waals surface area (Å²) in [5.74, 6) is -0.296. The normalized spacial score (nSPS) is 18.9. The minimum absolute atomic E-state index is 0.116. The Hall–Kier alpha value is -2.27. The molecule has 0 atom stereocenters. The van der Waals surface area contributed by atoms with E-state index in [9.17, 15) is 21.6 Å². The minimum atomic E-state index is -3.61. The quantitative estimate of drug-likeness (QED) is 0.672. The van der Waals surface area contributed by atoms with E-state index in [2.05, 4.69) is 0 Å². The molecule has 4 rings (SSSR count). The summed E-state index contributed by atoms with van der Waals surface area (Å²) < 4.78 is 54.0. The van der Waals surface area contributed by atoms with E-state index in [0.29, 0.717) is 18.7 Å². The molecule has 0 aliphatic carbocycles. The van der Waals surface area contributed by atoms with E-state index in [1.807, 2.05) is 0 Å². The Bertz CT molecular complexity index is 1150. The maximum absolute atomic E-state index is 13.0. The van der Waals surface area contributed by atoms with Crippen LogP contribution in [0.1, 0.15) is 23.2 Å². The summed E-state index contributed by atoms with van der Waals surface area (Å²) in [5, 5.41) is 0. The second-order valence-corrected chi connectivity index (χ2v) is 11.5. The third-order valence-electron chi connectivity index (χ3n) is 5.69. The first kappa shape index (κ1) is 21.9. The van der Waals surface area contributed by atoms with Gasteiger partial charge >= 0.3 is 0 Å². The Morgan fingerprint density at radius 3 is 1.84 bits per heavy atom. The molecule has 2 aromatic carbocycles. The average Bonchev–Trinajstić information content (AvgIpc) is 3.35. The predicted molar refractivity (Wildman–Crippen MR) is 116 cm³/mol. The lowest BCUT2D eigenvalue weighted by Gasteiger charge is -2.34. The highest BCUT2D eigenvalue weighted by atomic mass is 32.2. The Balaban J connectivity index is 1.46. The molecule has 0 unspecified atom stereocenters. The van der Waals surface area contributed by atoms with Crippen molar-refractivity contribution >= 4 is 26.0 Å². The summed E-state index contributed by atoms with van der Waals surface area (Å²) in [6.07, 6.45) is 1.68. The average molecular weight is 464 g/mol. The molecular weight excluding hydrogens is 438 g/mol. The summed E-state index contributed by atoms with van der Waals surface area (Å²) in [6.45, 7) is 1.86. The molecule has 0 aromatic heterocycles. The van der Waals surface area contributed by atoms with Crippen molar-refractivity contribution in [1.29, 1.82) is 0 Å². The van der Waals surface area contributed by atoms with Gasteiger partial charge in [0, 0.05) is 44.8 Å². The van der Waals surface area contributed by atoms with Crippen LogP contribution in [0.4, 0.5) is 0 Å². The fraction of sp³-hybridized carbons (Fsp3) is 0.381. The predicted octanol–water partition coefficient (Wildman–Crippen LogP) is 1.62. The van der Waals surface area contributed by atoms with Gasteiger partial charge in [0.2, 0.25) is 20.0 Å². The molecule has 1 amide bonds. The highest BCUT2D eigenvalue weighted by Gasteiger charge is 2.31. The zero-order valence-corrected chi connectivity index (χ0v) is 18.7. The minimum Gasteiger partial charge on any atom is -0.336 e. The highest BCUT2D eigenvalue weighted by Crippen LogP contribution is 2.23. The van der Waals surface area contributed by atoms with Gasteiger partial charge in [-0.2, -0.15) is 8.61 Å². The number of sulfonamides is 2. The summed E-state index contributed by atoms with van der Waals surface area (Å²) in [5.41, 5.74) is 0.291. The molecule has 2 saturated heterocycles. The van der Waals surface area contributed by atoms with Crippen molar-refractivity contribution in [3.63, 3.8) is 0 Å². The van der Waals surface area contributed by atoms with Crippen molar-refractivity contribution in [2.24, 2.45) is 0 Å². The van der Waals surface area contributed by atoms with E-state index in [0.717, 1.165) is 12.8 Å². The largest absolute Gasteiger partial charge is 0.336 e.